The van der Waals surface area contributed by atoms with Crippen LogP contribution in [0, 0.1) is 0 Å². The summed E-state index contributed by atoms with van der Waals surface area (Å²) in [5, 5.41) is 18.1. The molecule has 5 heterocycles. The third-order valence-corrected chi connectivity index (χ3v) is 9.10. The number of amides is 7. The standard InChI is InChI=1S/C35H36Cl2N10O9/c1-18(54-2)30-23(17-40-26-15-25(37)45-47(26)30)43-35(53)42-22-14-19(36)16-41-32(22)56-13-10-39-27(48)8-11-55-12-9-38-21-5-3-4-20-29(21)34(52)46(33(20)51)24-6-7-28(49)44-31(24)50/h3-5,14-18,24,38H,6-13H2,1-2H3,(H,39,48)(H2,42,43,53)(H,44,49,50). The quantitative estimate of drug-likeness (QED) is 0.0809. The summed E-state index contributed by atoms with van der Waals surface area (Å²) >= 11 is 12.2. The molecule has 0 bridgehead atoms. The Morgan fingerprint density at radius 2 is 1.79 bits per heavy atom. The van der Waals surface area contributed by atoms with Gasteiger partial charge in [-0.1, -0.05) is 29.3 Å². The van der Waals surface area contributed by atoms with Crippen molar-refractivity contribution in [1.29, 1.82) is 0 Å². The van der Waals surface area contributed by atoms with E-state index in [2.05, 4.69) is 41.7 Å². The van der Waals surface area contributed by atoms with E-state index in [-0.39, 0.29) is 90.9 Å². The lowest BCUT2D eigenvalue weighted by molar-refractivity contribution is -0.136. The summed E-state index contributed by atoms with van der Waals surface area (Å²) in [6, 6.07) is 6.08. The van der Waals surface area contributed by atoms with Crippen LogP contribution in [0.25, 0.3) is 5.65 Å². The van der Waals surface area contributed by atoms with Crippen LogP contribution < -0.4 is 31.3 Å². The first-order valence-corrected chi connectivity index (χ1v) is 18.1. The van der Waals surface area contributed by atoms with Gasteiger partial charge in [-0.25, -0.2) is 19.3 Å². The van der Waals surface area contributed by atoms with Gasteiger partial charge in [0.25, 0.3) is 11.8 Å². The number of piperidine rings is 1. The van der Waals surface area contributed by atoms with Crippen LogP contribution in [0.2, 0.25) is 10.2 Å². The van der Waals surface area contributed by atoms with Gasteiger partial charge in [-0.2, -0.15) is 5.10 Å². The number of rotatable bonds is 16. The van der Waals surface area contributed by atoms with Crippen molar-refractivity contribution in [2.45, 2.75) is 38.3 Å². The van der Waals surface area contributed by atoms with Gasteiger partial charge in [0.2, 0.25) is 23.6 Å². The minimum absolute atomic E-state index is 0.0151. The number of nitrogens with one attached hydrogen (secondary N) is 5. The smallest absolute Gasteiger partial charge is 0.323 e. The molecule has 0 aliphatic carbocycles. The largest absolute Gasteiger partial charge is 0.474 e. The first-order valence-electron chi connectivity index (χ1n) is 17.3. The normalized spacial score (nSPS) is 15.7. The molecule has 0 radical (unpaired) electrons. The number of aromatic nitrogens is 4. The van der Waals surface area contributed by atoms with Gasteiger partial charge < -0.3 is 35.5 Å². The lowest BCUT2D eigenvalue weighted by atomic mass is 10.0. The van der Waals surface area contributed by atoms with E-state index in [1.165, 1.54) is 36.2 Å². The van der Waals surface area contributed by atoms with E-state index in [4.69, 9.17) is 37.4 Å². The highest BCUT2D eigenvalue weighted by Gasteiger charge is 2.45. The zero-order valence-electron chi connectivity index (χ0n) is 30.0. The molecule has 19 nitrogen and oxygen atoms in total. The van der Waals surface area contributed by atoms with Gasteiger partial charge in [0.15, 0.2) is 10.8 Å². The number of urea groups is 1. The fourth-order valence-electron chi connectivity index (χ4n) is 6.04. The summed E-state index contributed by atoms with van der Waals surface area (Å²) in [7, 11) is 1.51. The predicted octanol–water partition coefficient (Wildman–Crippen LogP) is 3.20. The molecule has 7 amide bonds. The number of carbonyl (C=O) groups excluding carboxylic acids is 6. The number of ether oxygens (including phenoxy) is 3. The number of hydrogen-bond donors (Lipinski definition) is 5. The van der Waals surface area contributed by atoms with Gasteiger partial charge in [-0.15, -0.1) is 0 Å². The van der Waals surface area contributed by atoms with Crippen LogP contribution in [0.1, 0.15) is 58.7 Å². The molecule has 21 heteroatoms. The fourth-order valence-corrected chi connectivity index (χ4v) is 6.37. The number of imide groups is 2. The number of methoxy groups -OCH3 is 1. The van der Waals surface area contributed by atoms with Crippen molar-refractivity contribution in [2.24, 2.45) is 0 Å². The molecule has 3 aromatic heterocycles. The van der Waals surface area contributed by atoms with E-state index >= 15 is 0 Å². The van der Waals surface area contributed by atoms with Gasteiger partial charge in [-0.05, 0) is 31.5 Å². The SMILES string of the molecule is COC(C)c1c(NC(=O)Nc2cc(Cl)cnc2OCCNC(=O)CCOCCNc2cccc3c2C(=O)N(C2CCC(=O)NC2=O)C3=O)cnc2cc(Cl)nn12. The molecule has 6 rings (SSSR count). The monoisotopic (exact) mass is 810 g/mol. The van der Waals surface area contributed by atoms with E-state index in [0.717, 1.165) is 4.90 Å². The Hall–Kier alpha value is -5.89. The van der Waals surface area contributed by atoms with Crippen LogP contribution in [0.3, 0.4) is 0 Å². The number of fused-ring (bicyclic) bond motifs is 2. The third kappa shape index (κ3) is 8.97. The van der Waals surface area contributed by atoms with E-state index in [0.29, 0.717) is 22.7 Å². The molecular weight excluding hydrogens is 775 g/mol. The lowest BCUT2D eigenvalue weighted by Gasteiger charge is -2.27. The molecule has 1 fully saturated rings. The first-order chi connectivity index (χ1) is 26.9. The number of anilines is 3. The maximum atomic E-state index is 13.2. The van der Waals surface area contributed by atoms with Gasteiger partial charge >= 0.3 is 6.03 Å². The Morgan fingerprint density at radius 3 is 2.57 bits per heavy atom. The van der Waals surface area contributed by atoms with Crippen LogP contribution in [-0.2, 0) is 23.9 Å². The van der Waals surface area contributed by atoms with Crippen molar-refractivity contribution in [3.63, 3.8) is 0 Å². The highest BCUT2D eigenvalue weighted by atomic mass is 35.5. The van der Waals surface area contributed by atoms with Crippen molar-refractivity contribution in [2.75, 3.05) is 56.0 Å². The van der Waals surface area contributed by atoms with E-state index in [1.54, 1.807) is 25.1 Å². The number of benzene rings is 1. The van der Waals surface area contributed by atoms with Crippen molar-refractivity contribution >= 4 is 81.5 Å². The molecule has 0 spiro atoms. The minimum atomic E-state index is -1.06. The van der Waals surface area contributed by atoms with Gasteiger partial charge in [0.1, 0.15) is 18.3 Å². The molecular formula is C35H36Cl2N10O9. The fraction of sp³-hybridized carbons (Fsp3) is 0.343. The van der Waals surface area contributed by atoms with Crippen LogP contribution in [-0.4, -0.2) is 106 Å². The summed E-state index contributed by atoms with van der Waals surface area (Å²) in [5.41, 5.74) is 2.16. The van der Waals surface area contributed by atoms with Gasteiger partial charge in [0, 0.05) is 44.4 Å². The number of carbonyl (C=O) groups is 6. The molecule has 1 aromatic carbocycles. The minimum Gasteiger partial charge on any atom is -0.474 e. The zero-order chi connectivity index (χ0) is 39.9. The number of nitrogens with zero attached hydrogens (tertiary/aromatic N) is 5. The molecule has 0 saturated carbocycles. The molecule has 56 heavy (non-hydrogen) atoms. The lowest BCUT2D eigenvalue weighted by Crippen LogP contribution is -2.54. The number of hydrogen-bond acceptors (Lipinski definition) is 13. The average Bonchev–Trinajstić information content (AvgIpc) is 3.67. The Kier molecular flexibility index (Phi) is 12.6. The summed E-state index contributed by atoms with van der Waals surface area (Å²) in [5.74, 6) is -2.59. The van der Waals surface area contributed by atoms with E-state index in [9.17, 15) is 28.8 Å². The highest BCUT2D eigenvalue weighted by Crippen LogP contribution is 2.33. The van der Waals surface area contributed by atoms with Crippen LogP contribution in [0.15, 0.2) is 42.7 Å². The number of pyridine rings is 1. The molecule has 2 atom stereocenters. The average molecular weight is 812 g/mol. The summed E-state index contributed by atoms with van der Waals surface area (Å²) in [4.78, 5) is 85.0. The second kappa shape index (κ2) is 17.7. The number of halogens is 2. The van der Waals surface area contributed by atoms with Crippen LogP contribution in [0.5, 0.6) is 5.88 Å². The zero-order valence-corrected chi connectivity index (χ0v) is 31.5. The molecule has 5 N–H and O–H groups in total. The van der Waals surface area contributed by atoms with Crippen LogP contribution in [0.4, 0.5) is 21.9 Å². The third-order valence-electron chi connectivity index (χ3n) is 8.71. The maximum absolute atomic E-state index is 13.2. The van der Waals surface area contributed by atoms with Crippen molar-refractivity contribution in [1.82, 2.24) is 35.1 Å². The molecule has 2 aliphatic rings. The molecule has 294 valence electrons. The predicted molar refractivity (Wildman–Crippen MR) is 201 cm³/mol. The maximum Gasteiger partial charge on any atom is 0.323 e. The summed E-state index contributed by atoms with van der Waals surface area (Å²) < 4.78 is 18.2. The van der Waals surface area contributed by atoms with Crippen molar-refractivity contribution < 1.29 is 43.0 Å². The Morgan fingerprint density at radius 1 is 0.982 bits per heavy atom. The van der Waals surface area contributed by atoms with Crippen molar-refractivity contribution in [3.8, 4) is 5.88 Å². The van der Waals surface area contributed by atoms with Crippen LogP contribution >= 0.6 is 23.2 Å². The van der Waals surface area contributed by atoms with Gasteiger partial charge in [-0.3, -0.25) is 34.2 Å². The van der Waals surface area contributed by atoms with E-state index < -0.39 is 41.8 Å². The molecule has 1 saturated heterocycles. The Labute approximate surface area is 328 Å². The first kappa shape index (κ1) is 39.8. The Bertz CT molecular complexity index is 2200. The molecule has 2 aliphatic heterocycles. The van der Waals surface area contributed by atoms with Gasteiger partial charge in [0.05, 0.1) is 59.6 Å². The Balaban J connectivity index is 0.918. The molecule has 2 unspecified atom stereocenters. The summed E-state index contributed by atoms with van der Waals surface area (Å²) in [6.07, 6.45) is 2.46. The second-order valence-electron chi connectivity index (χ2n) is 12.4. The topological polar surface area (TPSA) is 237 Å². The summed E-state index contributed by atoms with van der Waals surface area (Å²) in [6.45, 7) is 2.45. The second-order valence-corrected chi connectivity index (χ2v) is 13.2. The highest BCUT2D eigenvalue weighted by molar-refractivity contribution is 6.31. The molecule has 4 aromatic rings. The van der Waals surface area contributed by atoms with Crippen molar-refractivity contribution in [3.05, 3.63) is 69.7 Å². The van der Waals surface area contributed by atoms with E-state index in [1.807, 2.05) is 0 Å².